The summed E-state index contributed by atoms with van der Waals surface area (Å²) < 4.78 is 12.2. The molecule has 0 fully saturated rings. The molecule has 0 heterocycles. The maximum Gasteiger partial charge on any atom is 0.119 e. The molecule has 0 bridgehead atoms. The van der Waals surface area contributed by atoms with E-state index in [1.807, 2.05) is 21.6 Å². The second kappa shape index (κ2) is 34.1. The fourth-order valence-corrected chi connectivity index (χ4v) is 11.4. The third kappa shape index (κ3) is 27.4. The van der Waals surface area contributed by atoms with Gasteiger partial charge in [0.25, 0.3) is 0 Å². The molecule has 0 unspecified atom stereocenters. The average Bonchev–Trinajstić information content (AvgIpc) is 3.34. The van der Waals surface area contributed by atoms with Crippen molar-refractivity contribution in [3.05, 3.63) is 129 Å². The van der Waals surface area contributed by atoms with Gasteiger partial charge in [0.15, 0.2) is 0 Å². The van der Waals surface area contributed by atoms with Gasteiger partial charge < -0.3 is 20.1 Å². The molecule has 6 heteroatoms. The van der Waals surface area contributed by atoms with E-state index < -0.39 is 0 Å². The summed E-state index contributed by atoms with van der Waals surface area (Å²) in [4.78, 5) is 0. The van der Waals surface area contributed by atoms with E-state index in [2.05, 4.69) is 179 Å². The number of unbranched alkanes of at least 4 members (excludes halogenated alkanes) is 18. The first kappa shape index (κ1) is 63.6. The van der Waals surface area contributed by atoms with Gasteiger partial charge in [0.05, 0.1) is 13.2 Å². The van der Waals surface area contributed by atoms with Gasteiger partial charge in [-0.1, -0.05) is 268 Å². The normalized spacial score (nSPS) is 12.4. The summed E-state index contributed by atoms with van der Waals surface area (Å²) in [6.07, 6.45) is 26.3. The highest BCUT2D eigenvalue weighted by molar-refractivity contribution is 8.76. The lowest BCUT2D eigenvalue weighted by molar-refractivity contribution is 0.304. The maximum atomic E-state index is 6.08. The Hall–Kier alpha value is -2.90. The van der Waals surface area contributed by atoms with E-state index in [0.717, 1.165) is 75.2 Å². The molecule has 0 radical (unpaired) electrons. The van der Waals surface area contributed by atoms with Crippen molar-refractivity contribution in [2.24, 2.45) is 0 Å². The van der Waals surface area contributed by atoms with E-state index in [9.17, 15) is 0 Å². The molecule has 2 N–H and O–H groups in total. The second-order valence-corrected chi connectivity index (χ2v) is 28.2. The second-order valence-electron chi connectivity index (χ2n) is 25.8. The molecule has 4 aromatic carbocycles. The van der Waals surface area contributed by atoms with Crippen molar-refractivity contribution in [2.45, 2.75) is 258 Å². The first-order valence-corrected chi connectivity index (χ1v) is 32.2. The van der Waals surface area contributed by atoms with Crippen molar-refractivity contribution < 1.29 is 9.47 Å². The van der Waals surface area contributed by atoms with Gasteiger partial charge in [0.1, 0.15) is 11.5 Å². The summed E-state index contributed by atoms with van der Waals surface area (Å²) in [6.45, 7) is 33.6. The van der Waals surface area contributed by atoms with Gasteiger partial charge >= 0.3 is 0 Å². The van der Waals surface area contributed by atoms with E-state index in [-0.39, 0.29) is 21.7 Å². The zero-order valence-electron chi connectivity index (χ0n) is 49.5. The van der Waals surface area contributed by atoms with E-state index in [1.54, 1.807) is 0 Å². The Morgan fingerprint density at radius 2 is 0.568 bits per heavy atom. The Labute approximate surface area is 464 Å². The van der Waals surface area contributed by atoms with Crippen LogP contribution >= 0.6 is 21.6 Å². The minimum atomic E-state index is 0.173. The monoisotopic (exact) mass is 1050 g/mol. The first-order valence-electron chi connectivity index (χ1n) is 29.7. The SMILES string of the molecule is CC(C)(C)c1cc(CNCCCCCCCCCCCCOc2ccc(CSSCc3ccc(OCCCCCCCCCCCCNCc4cc(C(C)(C)C)cc(C(C)(C)C)c4)cc3)cc2)cc(C(C)(C)C)c1. The van der Waals surface area contributed by atoms with E-state index in [0.29, 0.717) is 0 Å². The van der Waals surface area contributed by atoms with Crippen LogP contribution in [0, 0.1) is 0 Å². The number of benzene rings is 4. The number of hydrogen-bond donors (Lipinski definition) is 2. The van der Waals surface area contributed by atoms with E-state index in [4.69, 9.17) is 9.47 Å². The van der Waals surface area contributed by atoms with Crippen LogP contribution in [0.25, 0.3) is 0 Å². The molecule has 0 saturated carbocycles. The summed E-state index contributed by atoms with van der Waals surface area (Å²) in [7, 11) is 3.85. The topological polar surface area (TPSA) is 42.5 Å². The molecular weight excluding hydrogens is 941 g/mol. The molecule has 4 aromatic rings. The Balaban J connectivity index is 0.887. The van der Waals surface area contributed by atoms with Crippen LogP contribution in [0.1, 0.15) is 256 Å². The van der Waals surface area contributed by atoms with Crippen LogP contribution in [0.15, 0.2) is 84.9 Å². The molecule has 414 valence electrons. The van der Waals surface area contributed by atoms with Crippen LogP contribution in [0.3, 0.4) is 0 Å². The molecular formula is C68H108N2O2S2. The van der Waals surface area contributed by atoms with Crippen LogP contribution < -0.4 is 20.1 Å². The summed E-state index contributed by atoms with van der Waals surface area (Å²) >= 11 is 0. The smallest absolute Gasteiger partial charge is 0.119 e. The van der Waals surface area contributed by atoms with Gasteiger partial charge in [-0.3, -0.25) is 0 Å². The molecule has 0 aliphatic heterocycles. The van der Waals surface area contributed by atoms with Crippen molar-refractivity contribution in [2.75, 3.05) is 26.3 Å². The van der Waals surface area contributed by atoms with Crippen LogP contribution in [0.5, 0.6) is 11.5 Å². The fourth-order valence-electron chi connectivity index (χ4n) is 9.28. The lowest BCUT2D eigenvalue weighted by Gasteiger charge is -2.26. The van der Waals surface area contributed by atoms with Gasteiger partial charge in [-0.05, 0) is 129 Å². The lowest BCUT2D eigenvalue weighted by atomic mass is 9.79. The Morgan fingerprint density at radius 3 is 0.838 bits per heavy atom. The molecule has 0 spiro atoms. The molecule has 0 atom stereocenters. The number of hydrogen-bond acceptors (Lipinski definition) is 6. The predicted octanol–water partition coefficient (Wildman–Crippen LogP) is 20.1. The largest absolute Gasteiger partial charge is 0.494 e. The van der Waals surface area contributed by atoms with Gasteiger partial charge in [-0.25, -0.2) is 0 Å². The summed E-state index contributed by atoms with van der Waals surface area (Å²) in [5.74, 6) is 3.99. The highest BCUT2D eigenvalue weighted by Crippen LogP contribution is 2.33. The highest BCUT2D eigenvalue weighted by atomic mass is 33.1. The van der Waals surface area contributed by atoms with Crippen molar-refractivity contribution in [3.8, 4) is 11.5 Å². The van der Waals surface area contributed by atoms with Crippen molar-refractivity contribution >= 4 is 21.6 Å². The molecule has 0 amide bonds. The minimum Gasteiger partial charge on any atom is -0.494 e. The van der Waals surface area contributed by atoms with E-state index in [1.165, 1.54) is 160 Å². The van der Waals surface area contributed by atoms with Gasteiger partial charge in [0.2, 0.25) is 0 Å². The van der Waals surface area contributed by atoms with Crippen molar-refractivity contribution in [1.82, 2.24) is 10.6 Å². The summed E-state index contributed by atoms with van der Waals surface area (Å²) in [6, 6.07) is 31.9. The highest BCUT2D eigenvalue weighted by Gasteiger charge is 2.22. The van der Waals surface area contributed by atoms with Crippen LogP contribution in [0.4, 0.5) is 0 Å². The zero-order chi connectivity index (χ0) is 53.7. The number of ether oxygens (including phenoxy) is 2. The third-order valence-electron chi connectivity index (χ3n) is 14.5. The van der Waals surface area contributed by atoms with Gasteiger partial charge in [-0.15, -0.1) is 0 Å². The maximum absolute atomic E-state index is 6.08. The van der Waals surface area contributed by atoms with Crippen LogP contribution in [-0.2, 0) is 46.3 Å². The average molecular weight is 1050 g/mol. The molecule has 0 aliphatic carbocycles. The lowest BCUT2D eigenvalue weighted by Crippen LogP contribution is -2.19. The van der Waals surface area contributed by atoms with Crippen LogP contribution in [-0.4, -0.2) is 26.3 Å². The molecule has 0 saturated heterocycles. The predicted molar refractivity (Wildman–Crippen MR) is 330 cm³/mol. The molecule has 4 nitrogen and oxygen atoms in total. The Morgan fingerprint density at radius 1 is 0.311 bits per heavy atom. The van der Waals surface area contributed by atoms with Crippen LogP contribution in [0.2, 0.25) is 0 Å². The first-order chi connectivity index (χ1) is 35.3. The minimum absolute atomic E-state index is 0.173. The quantitative estimate of drug-likeness (QED) is 0.0347. The fraction of sp³-hybridized carbons (Fsp3) is 0.647. The van der Waals surface area contributed by atoms with Gasteiger partial charge in [-0.2, -0.15) is 0 Å². The summed E-state index contributed by atoms with van der Waals surface area (Å²) in [5.41, 5.74) is 12.0. The van der Waals surface area contributed by atoms with Crippen molar-refractivity contribution in [3.63, 3.8) is 0 Å². The van der Waals surface area contributed by atoms with E-state index >= 15 is 0 Å². The third-order valence-corrected chi connectivity index (χ3v) is 16.8. The van der Waals surface area contributed by atoms with Crippen molar-refractivity contribution in [1.29, 1.82) is 0 Å². The standard InChI is InChI=1S/C68H108N2O2S2/c1-65(2,3)59-45-57(46-60(49-59)66(4,5)6)51-69-41-29-25-21-17-13-15-19-23-27-31-43-71-63-37-33-55(34-38-63)53-73-74-54-56-35-39-64(40-36-56)72-44-32-28-24-20-16-14-18-22-26-30-42-70-52-58-47-61(67(7,8)9)50-62(48-58)68(10,11)12/h33-40,45-50,69-70H,13-32,41-44,51-54H2,1-12H3. The molecule has 4 rings (SSSR count). The Kier molecular flexibility index (Phi) is 29.3. The number of rotatable bonds is 37. The Bertz CT molecular complexity index is 1870. The molecule has 0 aromatic heterocycles. The number of nitrogens with one attached hydrogen (secondary N) is 2. The summed E-state index contributed by atoms with van der Waals surface area (Å²) in [5, 5.41) is 7.45. The molecule has 74 heavy (non-hydrogen) atoms. The molecule has 0 aliphatic rings. The van der Waals surface area contributed by atoms with Gasteiger partial charge in [0, 0.05) is 24.6 Å². The zero-order valence-corrected chi connectivity index (χ0v) is 51.1.